The number of nitrogens with zero attached hydrogens (tertiary/aromatic N) is 3. The minimum Gasteiger partial charge on any atom is -0.480 e. The molecule has 0 aromatic carbocycles. The molecule has 0 aliphatic rings. The van der Waals surface area contributed by atoms with Crippen molar-refractivity contribution >= 4 is 17.0 Å². The molecule has 0 atom stereocenters. The number of ether oxygens (including phenoxy) is 1. The van der Waals surface area contributed by atoms with E-state index in [2.05, 4.69) is 9.97 Å². The second-order valence-corrected chi connectivity index (χ2v) is 3.34. The Hall–Kier alpha value is -1.95. The number of hydrogen-bond acceptors (Lipinski definition) is 4. The third kappa shape index (κ3) is 2.01. The van der Waals surface area contributed by atoms with Gasteiger partial charge >= 0.3 is 5.97 Å². The highest BCUT2D eigenvalue weighted by Gasteiger charge is 2.07. The van der Waals surface area contributed by atoms with E-state index in [0.717, 1.165) is 11.0 Å². The Morgan fingerprint density at radius 2 is 2.44 bits per heavy atom. The molecule has 1 N–H and O–H groups in total. The summed E-state index contributed by atoms with van der Waals surface area (Å²) in [6, 6.07) is 1.80. The van der Waals surface area contributed by atoms with Crippen LogP contribution in [0.1, 0.15) is 5.82 Å². The first-order valence-corrected chi connectivity index (χ1v) is 4.73. The number of rotatable bonds is 4. The minimum absolute atomic E-state index is 0.178. The van der Waals surface area contributed by atoms with E-state index in [1.165, 1.54) is 0 Å². The van der Waals surface area contributed by atoms with Gasteiger partial charge in [0.25, 0.3) is 0 Å². The second-order valence-electron chi connectivity index (χ2n) is 3.34. The van der Waals surface area contributed by atoms with Crippen LogP contribution in [0.5, 0.6) is 0 Å². The standard InChI is InChI=1S/C10H11N3O3/c1-13-8-4-11-3-2-7(8)12-9(13)5-16-6-10(14)15/h2-4H,5-6H2,1H3,(H,14,15). The summed E-state index contributed by atoms with van der Waals surface area (Å²) in [5.41, 5.74) is 1.72. The average Bonchev–Trinajstić information content (AvgIpc) is 2.56. The number of fused-ring (bicyclic) bond motifs is 1. The first kappa shape index (κ1) is 10.6. The molecule has 0 spiro atoms. The van der Waals surface area contributed by atoms with Gasteiger partial charge in [0.1, 0.15) is 19.0 Å². The Labute approximate surface area is 91.5 Å². The quantitative estimate of drug-likeness (QED) is 0.816. The van der Waals surface area contributed by atoms with Gasteiger partial charge in [-0.1, -0.05) is 0 Å². The highest BCUT2D eigenvalue weighted by atomic mass is 16.5. The maximum absolute atomic E-state index is 10.3. The highest BCUT2D eigenvalue weighted by molar-refractivity contribution is 5.74. The van der Waals surface area contributed by atoms with E-state index in [9.17, 15) is 4.79 Å². The Morgan fingerprint density at radius 3 is 3.12 bits per heavy atom. The Balaban J connectivity index is 2.18. The molecule has 0 aliphatic heterocycles. The molecule has 2 rings (SSSR count). The smallest absolute Gasteiger partial charge is 0.329 e. The molecule has 0 fully saturated rings. The van der Waals surface area contributed by atoms with Crippen LogP contribution < -0.4 is 0 Å². The van der Waals surface area contributed by atoms with Crippen LogP contribution >= 0.6 is 0 Å². The fourth-order valence-corrected chi connectivity index (χ4v) is 1.44. The number of aryl methyl sites for hydroxylation is 1. The van der Waals surface area contributed by atoms with Gasteiger partial charge in [0.2, 0.25) is 0 Å². The summed E-state index contributed by atoms with van der Waals surface area (Å²) in [5.74, 6) is -0.301. The molecule has 0 unspecified atom stereocenters. The molecule has 6 nitrogen and oxygen atoms in total. The maximum Gasteiger partial charge on any atom is 0.329 e. The van der Waals surface area contributed by atoms with Gasteiger partial charge in [-0.05, 0) is 6.07 Å². The molecule has 0 radical (unpaired) electrons. The summed E-state index contributed by atoms with van der Waals surface area (Å²) in [6.45, 7) is -0.140. The first-order chi connectivity index (χ1) is 7.68. The zero-order valence-corrected chi connectivity index (χ0v) is 8.75. The summed E-state index contributed by atoms with van der Waals surface area (Å²) in [4.78, 5) is 18.6. The highest BCUT2D eigenvalue weighted by Crippen LogP contribution is 2.13. The van der Waals surface area contributed by atoms with E-state index in [0.29, 0.717) is 5.82 Å². The van der Waals surface area contributed by atoms with Crippen LogP contribution in [0.3, 0.4) is 0 Å². The lowest BCUT2D eigenvalue weighted by atomic mass is 10.4. The molecule has 0 bridgehead atoms. The number of carboxylic acid groups (broad SMARTS) is 1. The van der Waals surface area contributed by atoms with Crippen molar-refractivity contribution in [3.8, 4) is 0 Å². The summed E-state index contributed by atoms with van der Waals surface area (Å²) in [6.07, 6.45) is 3.38. The van der Waals surface area contributed by atoms with Crippen molar-refractivity contribution < 1.29 is 14.6 Å². The third-order valence-electron chi connectivity index (χ3n) is 2.23. The average molecular weight is 221 g/mol. The van der Waals surface area contributed by atoms with Gasteiger partial charge < -0.3 is 14.4 Å². The van der Waals surface area contributed by atoms with Crippen molar-refractivity contribution in [3.63, 3.8) is 0 Å². The number of aliphatic carboxylic acids is 1. The van der Waals surface area contributed by atoms with Crippen LogP contribution in [0, 0.1) is 0 Å². The molecule has 0 amide bonds. The van der Waals surface area contributed by atoms with Crippen molar-refractivity contribution in [2.24, 2.45) is 7.05 Å². The minimum atomic E-state index is -0.986. The van der Waals surface area contributed by atoms with Crippen LogP contribution in [-0.4, -0.2) is 32.2 Å². The van der Waals surface area contributed by atoms with E-state index >= 15 is 0 Å². The molecule has 6 heteroatoms. The van der Waals surface area contributed by atoms with Gasteiger partial charge in [-0.2, -0.15) is 0 Å². The van der Waals surface area contributed by atoms with Crippen molar-refractivity contribution in [2.45, 2.75) is 6.61 Å². The summed E-state index contributed by atoms with van der Waals surface area (Å²) >= 11 is 0. The number of carboxylic acids is 1. The van der Waals surface area contributed by atoms with Crippen LogP contribution in [-0.2, 0) is 23.2 Å². The zero-order valence-electron chi connectivity index (χ0n) is 8.75. The number of imidazole rings is 1. The van der Waals surface area contributed by atoms with Gasteiger partial charge in [-0.25, -0.2) is 9.78 Å². The number of hydrogen-bond donors (Lipinski definition) is 1. The fraction of sp³-hybridized carbons (Fsp3) is 0.300. The van der Waals surface area contributed by atoms with Gasteiger partial charge in [-0.3, -0.25) is 4.98 Å². The normalized spacial score (nSPS) is 10.8. The predicted molar refractivity (Wildman–Crippen MR) is 55.8 cm³/mol. The maximum atomic E-state index is 10.3. The van der Waals surface area contributed by atoms with E-state index in [1.807, 2.05) is 11.6 Å². The largest absolute Gasteiger partial charge is 0.480 e. The van der Waals surface area contributed by atoms with Crippen molar-refractivity contribution in [3.05, 3.63) is 24.3 Å². The molecule has 0 saturated heterocycles. The Bertz CT molecular complexity index is 521. The number of carbonyl (C=O) groups is 1. The van der Waals surface area contributed by atoms with Crippen molar-refractivity contribution in [1.82, 2.24) is 14.5 Å². The van der Waals surface area contributed by atoms with E-state index < -0.39 is 5.97 Å². The Morgan fingerprint density at radius 1 is 1.62 bits per heavy atom. The molecule has 2 heterocycles. The lowest BCUT2D eigenvalue weighted by molar-refractivity contribution is -0.142. The molecule has 84 valence electrons. The van der Waals surface area contributed by atoms with Gasteiger partial charge in [0, 0.05) is 13.2 Å². The SMILES string of the molecule is Cn1c(COCC(=O)O)nc2ccncc21. The van der Waals surface area contributed by atoms with Crippen molar-refractivity contribution in [1.29, 1.82) is 0 Å². The zero-order chi connectivity index (χ0) is 11.5. The molecular weight excluding hydrogens is 210 g/mol. The summed E-state index contributed by atoms with van der Waals surface area (Å²) < 4.78 is 6.83. The number of aromatic nitrogens is 3. The molecule has 2 aromatic rings. The monoisotopic (exact) mass is 221 g/mol. The van der Waals surface area contributed by atoms with Crippen LogP contribution in [0.25, 0.3) is 11.0 Å². The van der Waals surface area contributed by atoms with Crippen molar-refractivity contribution in [2.75, 3.05) is 6.61 Å². The van der Waals surface area contributed by atoms with E-state index in [-0.39, 0.29) is 13.2 Å². The van der Waals surface area contributed by atoms with Gasteiger partial charge in [0.15, 0.2) is 0 Å². The fourth-order valence-electron chi connectivity index (χ4n) is 1.44. The third-order valence-corrected chi connectivity index (χ3v) is 2.23. The van der Waals surface area contributed by atoms with Gasteiger partial charge in [-0.15, -0.1) is 0 Å². The van der Waals surface area contributed by atoms with E-state index in [1.54, 1.807) is 18.5 Å². The lowest BCUT2D eigenvalue weighted by Crippen LogP contribution is -2.09. The topological polar surface area (TPSA) is 77.2 Å². The van der Waals surface area contributed by atoms with Crippen LogP contribution in [0.2, 0.25) is 0 Å². The summed E-state index contributed by atoms with van der Waals surface area (Å²) in [7, 11) is 1.84. The lowest BCUT2D eigenvalue weighted by Gasteiger charge is -2.01. The predicted octanol–water partition coefficient (Wildman–Crippen LogP) is 0.569. The summed E-state index contributed by atoms with van der Waals surface area (Å²) in [5, 5.41) is 8.44. The molecule has 0 saturated carbocycles. The second kappa shape index (κ2) is 4.28. The Kier molecular flexibility index (Phi) is 2.82. The number of pyridine rings is 1. The van der Waals surface area contributed by atoms with Crippen LogP contribution in [0.15, 0.2) is 18.5 Å². The molecular formula is C10H11N3O3. The van der Waals surface area contributed by atoms with E-state index in [4.69, 9.17) is 9.84 Å². The van der Waals surface area contributed by atoms with Crippen LogP contribution in [0.4, 0.5) is 0 Å². The molecule has 2 aromatic heterocycles. The molecule has 16 heavy (non-hydrogen) atoms. The molecule has 0 aliphatic carbocycles. The van der Waals surface area contributed by atoms with Gasteiger partial charge in [0.05, 0.1) is 17.2 Å². The first-order valence-electron chi connectivity index (χ1n) is 4.73.